The number of aromatic nitrogens is 2. The summed E-state index contributed by atoms with van der Waals surface area (Å²) in [6.45, 7) is 0.611. The lowest BCUT2D eigenvalue weighted by atomic mass is 10.2. The summed E-state index contributed by atoms with van der Waals surface area (Å²) >= 11 is 6.05. The van der Waals surface area contributed by atoms with Crippen molar-refractivity contribution in [2.45, 2.75) is 6.54 Å². The van der Waals surface area contributed by atoms with Crippen LogP contribution in [0.3, 0.4) is 0 Å². The van der Waals surface area contributed by atoms with E-state index >= 15 is 0 Å². The minimum Gasteiger partial charge on any atom is -0.481 e. The zero-order chi connectivity index (χ0) is 12.1. The van der Waals surface area contributed by atoms with Crippen LogP contribution in [0.5, 0.6) is 5.88 Å². The van der Waals surface area contributed by atoms with Gasteiger partial charge in [0.05, 0.1) is 7.11 Å². The molecule has 0 saturated heterocycles. The van der Waals surface area contributed by atoms with Crippen LogP contribution in [0.2, 0.25) is 5.02 Å². The molecule has 0 spiro atoms. The molecule has 0 amide bonds. The Kier molecular flexibility index (Phi) is 3.77. The molecule has 0 aliphatic heterocycles. The molecule has 0 atom stereocenters. The van der Waals surface area contributed by atoms with Crippen molar-refractivity contribution in [3.05, 3.63) is 47.2 Å². The maximum Gasteiger partial charge on any atom is 0.218 e. The quantitative estimate of drug-likeness (QED) is 0.905. The average molecular weight is 250 g/mol. The molecule has 0 aliphatic carbocycles. The fourth-order valence-corrected chi connectivity index (χ4v) is 1.58. The number of anilines is 1. The molecule has 0 radical (unpaired) electrons. The first-order chi connectivity index (χ1) is 8.29. The van der Waals surface area contributed by atoms with E-state index in [2.05, 4.69) is 15.3 Å². The van der Waals surface area contributed by atoms with E-state index in [1.165, 1.54) is 6.33 Å². The Hall–Kier alpha value is -1.81. The summed E-state index contributed by atoms with van der Waals surface area (Å²) in [5.41, 5.74) is 1.02. The SMILES string of the molecule is COc1cc(NCc2ccccc2Cl)ncn1. The summed E-state index contributed by atoms with van der Waals surface area (Å²) in [6, 6.07) is 9.41. The molecule has 0 fully saturated rings. The van der Waals surface area contributed by atoms with Gasteiger partial charge in [-0.25, -0.2) is 9.97 Å². The highest BCUT2D eigenvalue weighted by molar-refractivity contribution is 6.31. The standard InChI is InChI=1S/C12H12ClN3O/c1-17-12-6-11(15-8-16-12)14-7-9-4-2-3-5-10(9)13/h2-6,8H,7H2,1H3,(H,14,15,16). The van der Waals surface area contributed by atoms with Gasteiger partial charge in [-0.1, -0.05) is 29.8 Å². The van der Waals surface area contributed by atoms with Crippen molar-refractivity contribution in [2.24, 2.45) is 0 Å². The Bertz CT molecular complexity index is 505. The van der Waals surface area contributed by atoms with Crippen LogP contribution in [0.15, 0.2) is 36.7 Å². The molecule has 0 bridgehead atoms. The lowest BCUT2D eigenvalue weighted by Gasteiger charge is -2.07. The van der Waals surface area contributed by atoms with Crippen LogP contribution in [0.1, 0.15) is 5.56 Å². The lowest BCUT2D eigenvalue weighted by molar-refractivity contribution is 0.397. The van der Waals surface area contributed by atoms with Crippen LogP contribution in [-0.2, 0) is 6.54 Å². The summed E-state index contributed by atoms with van der Waals surface area (Å²) in [6.07, 6.45) is 1.45. The molecule has 2 aromatic rings. The van der Waals surface area contributed by atoms with E-state index in [9.17, 15) is 0 Å². The van der Waals surface area contributed by atoms with Gasteiger partial charge in [-0.05, 0) is 11.6 Å². The number of rotatable bonds is 4. The summed E-state index contributed by atoms with van der Waals surface area (Å²) in [7, 11) is 1.57. The molecular formula is C12H12ClN3O. The molecule has 0 unspecified atom stereocenters. The van der Waals surface area contributed by atoms with Crippen LogP contribution >= 0.6 is 11.6 Å². The van der Waals surface area contributed by atoms with Crippen molar-refractivity contribution in [2.75, 3.05) is 12.4 Å². The van der Waals surface area contributed by atoms with Gasteiger partial charge in [-0.15, -0.1) is 0 Å². The lowest BCUT2D eigenvalue weighted by Crippen LogP contribution is -2.02. The van der Waals surface area contributed by atoms with Gasteiger partial charge < -0.3 is 10.1 Å². The zero-order valence-electron chi connectivity index (χ0n) is 9.35. The van der Waals surface area contributed by atoms with Crippen LogP contribution in [0.25, 0.3) is 0 Å². The van der Waals surface area contributed by atoms with E-state index in [1.54, 1.807) is 13.2 Å². The minimum absolute atomic E-state index is 0.529. The van der Waals surface area contributed by atoms with Gasteiger partial charge in [0.2, 0.25) is 5.88 Å². The van der Waals surface area contributed by atoms with Gasteiger partial charge in [-0.3, -0.25) is 0 Å². The van der Waals surface area contributed by atoms with Gasteiger partial charge in [0.15, 0.2) is 0 Å². The number of nitrogens with one attached hydrogen (secondary N) is 1. The van der Waals surface area contributed by atoms with Crippen molar-refractivity contribution in [1.29, 1.82) is 0 Å². The van der Waals surface area contributed by atoms with Crippen molar-refractivity contribution >= 4 is 17.4 Å². The summed E-state index contributed by atoms with van der Waals surface area (Å²) in [4.78, 5) is 8.02. The highest BCUT2D eigenvalue weighted by Gasteiger charge is 2.01. The maximum absolute atomic E-state index is 6.05. The molecule has 4 nitrogen and oxygen atoms in total. The van der Waals surface area contributed by atoms with Crippen LogP contribution < -0.4 is 10.1 Å². The molecule has 1 heterocycles. The Morgan fingerprint density at radius 2 is 2.12 bits per heavy atom. The largest absolute Gasteiger partial charge is 0.481 e. The first-order valence-corrected chi connectivity index (χ1v) is 5.50. The number of nitrogens with zero attached hydrogens (tertiary/aromatic N) is 2. The first kappa shape index (κ1) is 11.7. The number of methoxy groups -OCH3 is 1. The van der Waals surface area contributed by atoms with Crippen molar-refractivity contribution in [1.82, 2.24) is 9.97 Å². The summed E-state index contributed by atoms with van der Waals surface area (Å²) in [5, 5.41) is 3.90. The molecule has 0 saturated carbocycles. The van der Waals surface area contributed by atoms with Gasteiger partial charge in [-0.2, -0.15) is 0 Å². The monoisotopic (exact) mass is 249 g/mol. The topological polar surface area (TPSA) is 47.0 Å². The van der Waals surface area contributed by atoms with E-state index in [4.69, 9.17) is 16.3 Å². The van der Waals surface area contributed by atoms with E-state index in [-0.39, 0.29) is 0 Å². The van der Waals surface area contributed by atoms with Gasteiger partial charge in [0.1, 0.15) is 12.1 Å². The Labute approximate surface area is 105 Å². The molecular weight excluding hydrogens is 238 g/mol. The van der Waals surface area contributed by atoms with E-state index in [0.717, 1.165) is 10.6 Å². The molecule has 2 rings (SSSR count). The second-order valence-electron chi connectivity index (χ2n) is 3.39. The van der Waals surface area contributed by atoms with E-state index < -0.39 is 0 Å². The molecule has 1 aromatic heterocycles. The third-order valence-corrected chi connectivity index (χ3v) is 2.64. The first-order valence-electron chi connectivity index (χ1n) is 5.13. The second-order valence-corrected chi connectivity index (χ2v) is 3.80. The third kappa shape index (κ3) is 3.07. The van der Waals surface area contributed by atoms with Gasteiger partial charge in [0.25, 0.3) is 0 Å². The molecule has 88 valence electrons. The predicted octanol–water partition coefficient (Wildman–Crippen LogP) is 2.75. The molecule has 17 heavy (non-hydrogen) atoms. The predicted molar refractivity (Wildman–Crippen MR) is 67.4 cm³/mol. The van der Waals surface area contributed by atoms with Crippen molar-refractivity contribution in [3.8, 4) is 5.88 Å². The number of hydrogen-bond donors (Lipinski definition) is 1. The second kappa shape index (κ2) is 5.50. The summed E-state index contributed by atoms with van der Waals surface area (Å²) < 4.78 is 5.01. The maximum atomic E-state index is 6.05. The number of benzene rings is 1. The minimum atomic E-state index is 0.529. The summed E-state index contributed by atoms with van der Waals surface area (Å²) in [5.74, 6) is 1.23. The molecule has 5 heteroatoms. The number of ether oxygens (including phenoxy) is 1. The van der Waals surface area contributed by atoms with Gasteiger partial charge in [0, 0.05) is 17.6 Å². The van der Waals surface area contributed by atoms with Crippen LogP contribution in [-0.4, -0.2) is 17.1 Å². The fraction of sp³-hybridized carbons (Fsp3) is 0.167. The molecule has 1 N–H and O–H groups in total. The van der Waals surface area contributed by atoms with E-state index in [0.29, 0.717) is 18.2 Å². The number of hydrogen-bond acceptors (Lipinski definition) is 4. The number of halogens is 1. The third-order valence-electron chi connectivity index (χ3n) is 2.27. The fourth-order valence-electron chi connectivity index (χ4n) is 1.38. The smallest absolute Gasteiger partial charge is 0.218 e. The zero-order valence-corrected chi connectivity index (χ0v) is 10.1. The normalized spacial score (nSPS) is 10.0. The average Bonchev–Trinajstić information content (AvgIpc) is 2.38. The highest BCUT2D eigenvalue weighted by atomic mass is 35.5. The Morgan fingerprint density at radius 1 is 1.29 bits per heavy atom. The molecule has 1 aromatic carbocycles. The van der Waals surface area contributed by atoms with Crippen LogP contribution in [0, 0.1) is 0 Å². The van der Waals surface area contributed by atoms with Crippen molar-refractivity contribution in [3.63, 3.8) is 0 Å². The van der Waals surface area contributed by atoms with E-state index in [1.807, 2.05) is 24.3 Å². The molecule has 0 aliphatic rings. The van der Waals surface area contributed by atoms with Crippen LogP contribution in [0.4, 0.5) is 5.82 Å². The van der Waals surface area contributed by atoms with Gasteiger partial charge >= 0.3 is 0 Å². The Morgan fingerprint density at radius 3 is 2.88 bits per heavy atom. The van der Waals surface area contributed by atoms with Crippen molar-refractivity contribution < 1.29 is 4.74 Å². The Balaban J connectivity index is 2.05. The highest BCUT2D eigenvalue weighted by Crippen LogP contribution is 2.17.